The number of carbonyl (C=O) groups is 2. The fourth-order valence-corrected chi connectivity index (χ4v) is 1.94. The van der Waals surface area contributed by atoms with E-state index in [-0.39, 0.29) is 12.6 Å². The normalized spacial score (nSPS) is 16.1. The molecule has 0 aromatic rings. The summed E-state index contributed by atoms with van der Waals surface area (Å²) in [7, 11) is 0. The van der Waals surface area contributed by atoms with Crippen molar-refractivity contribution in [3.05, 3.63) is 0 Å². The van der Waals surface area contributed by atoms with Crippen molar-refractivity contribution in [2.24, 2.45) is 0 Å². The standard InChI is InChI=1S/C12H23N3O4/c1-2-4-15(10-11(16)17)12(18)13-3-5-14-6-8-19-9-7-14/h2-10H2,1H3,(H,13,18)(H,16,17). The Bertz CT molecular complexity index is 293. The number of rotatable bonds is 7. The second-order valence-electron chi connectivity index (χ2n) is 4.50. The van der Waals surface area contributed by atoms with Gasteiger partial charge in [0.2, 0.25) is 0 Å². The van der Waals surface area contributed by atoms with Crippen LogP contribution in [0.25, 0.3) is 0 Å². The lowest BCUT2D eigenvalue weighted by atomic mass is 10.4. The van der Waals surface area contributed by atoms with E-state index < -0.39 is 5.97 Å². The van der Waals surface area contributed by atoms with Crippen LogP contribution in [0.15, 0.2) is 0 Å². The number of urea groups is 1. The van der Waals surface area contributed by atoms with Crippen molar-refractivity contribution in [3.8, 4) is 0 Å². The quantitative estimate of drug-likeness (QED) is 0.673. The van der Waals surface area contributed by atoms with Gasteiger partial charge in [0.05, 0.1) is 13.2 Å². The number of carboxylic acid groups (broad SMARTS) is 1. The third-order valence-corrected chi connectivity index (χ3v) is 2.91. The summed E-state index contributed by atoms with van der Waals surface area (Å²) in [4.78, 5) is 26.0. The van der Waals surface area contributed by atoms with E-state index in [1.165, 1.54) is 4.90 Å². The molecule has 0 aliphatic carbocycles. The Balaban J connectivity index is 2.24. The second kappa shape index (κ2) is 8.71. The average Bonchev–Trinajstić information content (AvgIpc) is 2.39. The van der Waals surface area contributed by atoms with Crippen molar-refractivity contribution in [1.82, 2.24) is 15.1 Å². The first-order valence-corrected chi connectivity index (χ1v) is 6.68. The lowest BCUT2D eigenvalue weighted by Crippen LogP contribution is -2.46. The Morgan fingerprint density at radius 2 is 2.05 bits per heavy atom. The third-order valence-electron chi connectivity index (χ3n) is 2.91. The van der Waals surface area contributed by atoms with Crippen LogP contribution in [-0.4, -0.2) is 79.4 Å². The van der Waals surface area contributed by atoms with Crippen LogP contribution in [-0.2, 0) is 9.53 Å². The average molecular weight is 273 g/mol. The summed E-state index contributed by atoms with van der Waals surface area (Å²) in [5.41, 5.74) is 0. The fourth-order valence-electron chi connectivity index (χ4n) is 1.94. The number of morpholine rings is 1. The van der Waals surface area contributed by atoms with Crippen molar-refractivity contribution >= 4 is 12.0 Å². The number of hydrogen-bond donors (Lipinski definition) is 2. The van der Waals surface area contributed by atoms with Crippen LogP contribution in [0.4, 0.5) is 4.79 Å². The Kier molecular flexibility index (Phi) is 7.20. The highest BCUT2D eigenvalue weighted by Crippen LogP contribution is 1.96. The van der Waals surface area contributed by atoms with E-state index in [9.17, 15) is 9.59 Å². The molecule has 1 rings (SSSR count). The first kappa shape index (κ1) is 15.7. The van der Waals surface area contributed by atoms with E-state index >= 15 is 0 Å². The Morgan fingerprint density at radius 3 is 2.63 bits per heavy atom. The molecule has 7 nitrogen and oxygen atoms in total. The highest BCUT2D eigenvalue weighted by atomic mass is 16.5. The molecular formula is C12H23N3O4. The molecule has 19 heavy (non-hydrogen) atoms. The van der Waals surface area contributed by atoms with E-state index in [1.807, 2.05) is 6.92 Å². The predicted octanol–water partition coefficient (Wildman–Crippen LogP) is -0.175. The van der Waals surface area contributed by atoms with Crippen molar-refractivity contribution in [3.63, 3.8) is 0 Å². The van der Waals surface area contributed by atoms with Crippen LogP contribution in [0.2, 0.25) is 0 Å². The zero-order valence-electron chi connectivity index (χ0n) is 11.4. The summed E-state index contributed by atoms with van der Waals surface area (Å²) < 4.78 is 5.24. The van der Waals surface area contributed by atoms with Crippen LogP contribution in [0.3, 0.4) is 0 Å². The van der Waals surface area contributed by atoms with Gasteiger partial charge in [-0.1, -0.05) is 6.92 Å². The van der Waals surface area contributed by atoms with Crippen molar-refractivity contribution in [2.75, 3.05) is 52.5 Å². The zero-order valence-corrected chi connectivity index (χ0v) is 11.4. The molecule has 0 radical (unpaired) electrons. The van der Waals surface area contributed by atoms with Crippen LogP contribution in [0, 0.1) is 0 Å². The molecule has 2 N–H and O–H groups in total. The van der Waals surface area contributed by atoms with Gasteiger partial charge in [-0.15, -0.1) is 0 Å². The van der Waals surface area contributed by atoms with Gasteiger partial charge in [-0.3, -0.25) is 9.69 Å². The van der Waals surface area contributed by atoms with Crippen LogP contribution < -0.4 is 5.32 Å². The summed E-state index contributed by atoms with van der Waals surface area (Å²) in [6.07, 6.45) is 0.740. The molecule has 0 spiro atoms. The summed E-state index contributed by atoms with van der Waals surface area (Å²) >= 11 is 0. The number of nitrogens with one attached hydrogen (secondary N) is 1. The van der Waals surface area contributed by atoms with Gasteiger partial charge < -0.3 is 20.1 Å². The van der Waals surface area contributed by atoms with E-state index in [0.29, 0.717) is 13.1 Å². The van der Waals surface area contributed by atoms with Crippen LogP contribution in [0.1, 0.15) is 13.3 Å². The number of carbonyl (C=O) groups excluding carboxylic acids is 1. The third kappa shape index (κ3) is 6.40. The van der Waals surface area contributed by atoms with Crippen molar-refractivity contribution in [1.29, 1.82) is 0 Å². The number of ether oxygens (including phenoxy) is 1. The highest BCUT2D eigenvalue weighted by Gasteiger charge is 2.16. The molecule has 0 atom stereocenters. The summed E-state index contributed by atoms with van der Waals surface area (Å²) in [5.74, 6) is -0.989. The number of aliphatic carboxylic acids is 1. The molecule has 1 fully saturated rings. The molecule has 2 amide bonds. The van der Waals surface area contributed by atoms with Gasteiger partial charge >= 0.3 is 12.0 Å². The largest absolute Gasteiger partial charge is 0.480 e. The van der Waals surface area contributed by atoms with Gasteiger partial charge in [-0.2, -0.15) is 0 Å². The number of amides is 2. The highest BCUT2D eigenvalue weighted by molar-refractivity contribution is 5.80. The smallest absolute Gasteiger partial charge is 0.323 e. The fraction of sp³-hybridized carbons (Fsp3) is 0.833. The minimum atomic E-state index is -0.989. The molecule has 1 aliphatic rings. The van der Waals surface area contributed by atoms with E-state index in [1.54, 1.807) is 0 Å². The lowest BCUT2D eigenvalue weighted by molar-refractivity contribution is -0.137. The number of hydrogen-bond acceptors (Lipinski definition) is 4. The zero-order chi connectivity index (χ0) is 14.1. The molecule has 1 heterocycles. The van der Waals surface area contributed by atoms with Gasteiger partial charge in [0.25, 0.3) is 0 Å². The molecule has 0 bridgehead atoms. The minimum absolute atomic E-state index is 0.253. The molecule has 1 saturated heterocycles. The summed E-state index contributed by atoms with van der Waals surface area (Å²) in [6, 6.07) is -0.308. The topological polar surface area (TPSA) is 82.1 Å². The maximum Gasteiger partial charge on any atom is 0.323 e. The SMILES string of the molecule is CCCN(CC(=O)O)C(=O)NCCN1CCOCC1. The molecule has 7 heteroatoms. The maximum atomic E-state index is 11.8. The van der Waals surface area contributed by atoms with E-state index in [0.717, 1.165) is 39.3 Å². The predicted molar refractivity (Wildman–Crippen MR) is 70.2 cm³/mol. The van der Waals surface area contributed by atoms with Gasteiger partial charge in [0.1, 0.15) is 6.54 Å². The second-order valence-corrected chi connectivity index (χ2v) is 4.50. The van der Waals surface area contributed by atoms with Gasteiger partial charge in [-0.05, 0) is 6.42 Å². The monoisotopic (exact) mass is 273 g/mol. The molecule has 0 aromatic heterocycles. The van der Waals surface area contributed by atoms with Crippen LogP contribution in [0.5, 0.6) is 0 Å². The first-order valence-electron chi connectivity index (χ1n) is 6.68. The number of nitrogens with zero attached hydrogens (tertiary/aromatic N) is 2. The molecule has 110 valence electrons. The molecule has 1 aliphatic heterocycles. The number of carboxylic acids is 1. The van der Waals surface area contributed by atoms with Gasteiger partial charge in [-0.25, -0.2) is 4.79 Å². The molecule has 0 unspecified atom stereocenters. The van der Waals surface area contributed by atoms with Crippen LogP contribution >= 0.6 is 0 Å². The lowest BCUT2D eigenvalue weighted by Gasteiger charge is -2.27. The molecule has 0 aromatic carbocycles. The molecule has 0 saturated carbocycles. The summed E-state index contributed by atoms with van der Waals surface area (Å²) in [5, 5.41) is 11.5. The van der Waals surface area contributed by atoms with Crippen molar-refractivity contribution < 1.29 is 19.4 Å². The minimum Gasteiger partial charge on any atom is -0.480 e. The first-order chi connectivity index (χ1) is 9.13. The maximum absolute atomic E-state index is 11.8. The van der Waals surface area contributed by atoms with E-state index in [2.05, 4.69) is 10.2 Å². The van der Waals surface area contributed by atoms with Gasteiger partial charge in [0, 0.05) is 32.7 Å². The van der Waals surface area contributed by atoms with E-state index in [4.69, 9.17) is 9.84 Å². The van der Waals surface area contributed by atoms with Gasteiger partial charge in [0.15, 0.2) is 0 Å². The van der Waals surface area contributed by atoms with Crippen molar-refractivity contribution in [2.45, 2.75) is 13.3 Å². The summed E-state index contributed by atoms with van der Waals surface area (Å²) in [6.45, 7) is 6.63. The Hall–Kier alpha value is -1.34. The Morgan fingerprint density at radius 1 is 1.37 bits per heavy atom. The molecular weight excluding hydrogens is 250 g/mol. The Labute approximate surface area is 113 Å².